The first-order valence-electron chi connectivity index (χ1n) is 11.3. The van der Waals surface area contributed by atoms with Crippen LogP contribution in [0.15, 0.2) is 52.4 Å². The summed E-state index contributed by atoms with van der Waals surface area (Å²) in [5, 5.41) is 1.76. The molecule has 0 unspecified atom stereocenters. The molecule has 6 N–H and O–H groups in total. The molecule has 0 aliphatic carbocycles. The number of fused-ring (bicyclic) bond motifs is 1. The first kappa shape index (κ1) is 26.8. The fraction of sp³-hybridized carbons (Fsp3) is 0.435. The fourth-order valence-corrected chi connectivity index (χ4v) is 6.27. The Kier molecular flexibility index (Phi) is 8.98. The summed E-state index contributed by atoms with van der Waals surface area (Å²) in [5.74, 6) is -1.06. The van der Waals surface area contributed by atoms with E-state index in [2.05, 4.69) is 4.99 Å². The summed E-state index contributed by atoms with van der Waals surface area (Å²) in [6, 6.07) is 11.6. The van der Waals surface area contributed by atoms with E-state index in [1.54, 1.807) is 30.0 Å². The van der Waals surface area contributed by atoms with Gasteiger partial charge in [-0.15, -0.1) is 0 Å². The van der Waals surface area contributed by atoms with Crippen LogP contribution in [0.5, 0.6) is 0 Å². The Morgan fingerprint density at radius 3 is 2.49 bits per heavy atom. The third-order valence-corrected chi connectivity index (χ3v) is 8.87. The minimum Gasteiger partial charge on any atom is -0.370 e. The second-order valence-electron chi connectivity index (χ2n) is 8.42. The maximum Gasteiger partial charge on any atom is 0.243 e. The van der Waals surface area contributed by atoms with Crippen molar-refractivity contribution >= 4 is 50.3 Å². The van der Waals surface area contributed by atoms with Crippen LogP contribution < -0.4 is 17.2 Å². The number of hydrogen-bond acceptors (Lipinski definition) is 6. The number of aliphatic imine (C=N–C) groups is 1. The van der Waals surface area contributed by atoms with E-state index >= 15 is 0 Å². The van der Waals surface area contributed by atoms with Crippen LogP contribution >= 0.6 is 11.8 Å². The number of nitrogens with two attached hydrogens (primary N) is 3. The van der Waals surface area contributed by atoms with Crippen LogP contribution in [0.25, 0.3) is 10.8 Å². The van der Waals surface area contributed by atoms with Crippen molar-refractivity contribution in [3.05, 3.63) is 42.5 Å². The number of carbonyl (C=O) groups is 2. The van der Waals surface area contributed by atoms with E-state index in [-0.39, 0.29) is 29.2 Å². The van der Waals surface area contributed by atoms with E-state index in [0.29, 0.717) is 32.4 Å². The number of benzene rings is 2. The number of rotatable bonds is 11. The Morgan fingerprint density at radius 1 is 1.11 bits per heavy atom. The Labute approximate surface area is 209 Å². The van der Waals surface area contributed by atoms with E-state index in [4.69, 9.17) is 17.2 Å². The molecule has 10 nitrogen and oxygen atoms in total. The van der Waals surface area contributed by atoms with Gasteiger partial charge in [-0.1, -0.05) is 30.3 Å². The van der Waals surface area contributed by atoms with Gasteiger partial charge in [0, 0.05) is 24.9 Å². The molecule has 0 bridgehead atoms. The number of hydrogen-bond donors (Lipinski definition) is 3. The number of amides is 2. The molecule has 1 aliphatic rings. The van der Waals surface area contributed by atoms with Crippen molar-refractivity contribution in [2.45, 2.75) is 35.4 Å². The lowest BCUT2D eigenvalue weighted by atomic mass is 10.1. The van der Waals surface area contributed by atoms with Crippen LogP contribution in [0.4, 0.5) is 0 Å². The molecule has 1 fully saturated rings. The highest BCUT2D eigenvalue weighted by atomic mass is 32.2. The predicted octanol–water partition coefficient (Wildman–Crippen LogP) is 0.702. The van der Waals surface area contributed by atoms with Crippen molar-refractivity contribution in [2.75, 3.05) is 32.4 Å². The molecule has 0 aromatic heterocycles. The number of carbonyl (C=O) groups excluding carboxylic acids is 2. The minimum absolute atomic E-state index is 0.0318. The van der Waals surface area contributed by atoms with Gasteiger partial charge in [0.05, 0.1) is 11.4 Å². The summed E-state index contributed by atoms with van der Waals surface area (Å²) in [7, 11) is -4.00. The SMILES string of the molecule is CS[C@@H]1C[C@@H](C(N)=O)N(C(=O)CN(CCCCN=C(N)N)S(=O)(=O)c2ccc3ccccc3c2)C1. The van der Waals surface area contributed by atoms with Crippen molar-refractivity contribution < 1.29 is 18.0 Å². The molecule has 1 heterocycles. The zero-order chi connectivity index (χ0) is 25.6. The normalized spacial score (nSPS) is 18.2. The molecule has 3 rings (SSSR count). The molecule has 0 radical (unpaired) electrons. The van der Waals surface area contributed by atoms with E-state index in [1.165, 1.54) is 9.21 Å². The Balaban J connectivity index is 1.85. The van der Waals surface area contributed by atoms with Gasteiger partial charge in [0.15, 0.2) is 5.96 Å². The molecule has 2 amide bonds. The maximum atomic E-state index is 13.6. The summed E-state index contributed by atoms with van der Waals surface area (Å²) in [5.41, 5.74) is 16.2. The highest BCUT2D eigenvalue weighted by Crippen LogP contribution is 2.27. The van der Waals surface area contributed by atoms with Crippen molar-refractivity contribution in [1.29, 1.82) is 0 Å². The van der Waals surface area contributed by atoms with Crippen LogP contribution in [0.2, 0.25) is 0 Å². The van der Waals surface area contributed by atoms with Crippen molar-refractivity contribution in [3.8, 4) is 0 Å². The van der Waals surface area contributed by atoms with Gasteiger partial charge in [-0.2, -0.15) is 16.1 Å². The van der Waals surface area contributed by atoms with Gasteiger partial charge in [0.2, 0.25) is 21.8 Å². The fourth-order valence-electron chi connectivity index (χ4n) is 4.12. The predicted molar refractivity (Wildman–Crippen MR) is 139 cm³/mol. The van der Waals surface area contributed by atoms with Gasteiger partial charge >= 0.3 is 0 Å². The highest BCUT2D eigenvalue weighted by Gasteiger charge is 2.39. The second kappa shape index (κ2) is 11.7. The standard InChI is InChI=1S/C23H32N6O4S2/c1-34-18-13-20(22(24)31)29(14-18)21(30)15-28(11-5-4-10-27-23(25)26)35(32,33)19-9-8-16-6-2-3-7-17(16)12-19/h2-3,6-9,12,18,20H,4-5,10-11,13-15H2,1H3,(H2,24,31)(H4,25,26,27)/t18-,20+/m1/s1. The molecule has 2 aromatic carbocycles. The number of sulfonamides is 1. The van der Waals surface area contributed by atoms with Gasteiger partial charge in [0.1, 0.15) is 6.04 Å². The average Bonchev–Trinajstić information content (AvgIpc) is 3.27. The number of guanidine groups is 1. The van der Waals surface area contributed by atoms with Gasteiger partial charge < -0.3 is 22.1 Å². The number of likely N-dealkylation sites (tertiary alicyclic amines) is 1. The summed E-state index contributed by atoms with van der Waals surface area (Å²) in [6.45, 7) is 0.414. The molecule has 0 spiro atoms. The van der Waals surface area contributed by atoms with Crippen LogP contribution in [-0.4, -0.2) is 79.1 Å². The Hall–Kier alpha value is -2.83. The summed E-state index contributed by atoms with van der Waals surface area (Å²) in [6.07, 6.45) is 3.35. The van der Waals surface area contributed by atoms with E-state index in [9.17, 15) is 18.0 Å². The molecular formula is C23H32N6O4S2. The molecular weight excluding hydrogens is 488 g/mol. The van der Waals surface area contributed by atoms with Crippen molar-refractivity contribution in [1.82, 2.24) is 9.21 Å². The smallest absolute Gasteiger partial charge is 0.243 e. The summed E-state index contributed by atoms with van der Waals surface area (Å²) >= 11 is 1.55. The van der Waals surface area contributed by atoms with Gasteiger partial charge in [0.25, 0.3) is 0 Å². The largest absolute Gasteiger partial charge is 0.370 e. The highest BCUT2D eigenvalue weighted by molar-refractivity contribution is 7.99. The third kappa shape index (κ3) is 6.65. The second-order valence-corrected chi connectivity index (χ2v) is 11.5. The lowest BCUT2D eigenvalue weighted by molar-refractivity contribution is -0.137. The van der Waals surface area contributed by atoms with Gasteiger partial charge in [-0.05, 0) is 48.4 Å². The minimum atomic E-state index is -4.00. The van der Waals surface area contributed by atoms with E-state index in [1.807, 2.05) is 30.5 Å². The first-order valence-corrected chi connectivity index (χ1v) is 14.0. The first-order chi connectivity index (χ1) is 16.6. The molecule has 12 heteroatoms. The number of primary amides is 1. The number of thioether (sulfide) groups is 1. The number of nitrogens with zero attached hydrogens (tertiary/aromatic N) is 3. The quantitative estimate of drug-likeness (QED) is 0.223. The Morgan fingerprint density at radius 2 is 1.83 bits per heavy atom. The average molecular weight is 521 g/mol. The summed E-state index contributed by atoms with van der Waals surface area (Å²) in [4.78, 5) is 30.6. The van der Waals surface area contributed by atoms with Crippen LogP contribution in [0, 0.1) is 0 Å². The summed E-state index contributed by atoms with van der Waals surface area (Å²) < 4.78 is 28.4. The molecule has 1 aliphatic heterocycles. The lowest BCUT2D eigenvalue weighted by Gasteiger charge is -2.27. The zero-order valence-electron chi connectivity index (χ0n) is 19.7. The van der Waals surface area contributed by atoms with Gasteiger partial charge in [-0.25, -0.2) is 8.42 Å². The van der Waals surface area contributed by atoms with Crippen LogP contribution in [0.1, 0.15) is 19.3 Å². The monoisotopic (exact) mass is 520 g/mol. The molecule has 190 valence electrons. The van der Waals surface area contributed by atoms with E-state index in [0.717, 1.165) is 10.8 Å². The van der Waals surface area contributed by atoms with Crippen LogP contribution in [-0.2, 0) is 19.6 Å². The topological polar surface area (TPSA) is 165 Å². The molecule has 0 saturated carbocycles. The Bertz CT molecular complexity index is 1200. The zero-order valence-corrected chi connectivity index (χ0v) is 21.3. The van der Waals surface area contributed by atoms with Crippen molar-refractivity contribution in [2.24, 2.45) is 22.2 Å². The maximum absolute atomic E-state index is 13.6. The molecule has 1 saturated heterocycles. The lowest BCUT2D eigenvalue weighted by Crippen LogP contribution is -2.48. The van der Waals surface area contributed by atoms with Crippen molar-refractivity contribution in [3.63, 3.8) is 0 Å². The number of unbranched alkanes of at least 4 members (excludes halogenated alkanes) is 1. The van der Waals surface area contributed by atoms with Crippen LogP contribution in [0.3, 0.4) is 0 Å². The molecule has 2 aromatic rings. The van der Waals surface area contributed by atoms with E-state index < -0.39 is 27.9 Å². The molecule has 35 heavy (non-hydrogen) atoms. The molecule has 2 atom stereocenters. The van der Waals surface area contributed by atoms with Gasteiger partial charge in [-0.3, -0.25) is 14.6 Å². The third-order valence-electron chi connectivity index (χ3n) is 6.03.